The molecule has 4 aromatic rings. The first-order valence-corrected chi connectivity index (χ1v) is 13.8. The fourth-order valence-electron chi connectivity index (χ4n) is 3.82. The predicted molar refractivity (Wildman–Crippen MR) is 151 cm³/mol. The molecule has 0 aliphatic rings. The monoisotopic (exact) mass is 590 g/mol. The third-order valence-electron chi connectivity index (χ3n) is 5.92. The molecule has 192 valence electrons. The number of rotatable bonds is 8. The van der Waals surface area contributed by atoms with Gasteiger partial charge in [-0.25, -0.2) is 8.42 Å². The quantitative estimate of drug-likeness (QED) is 0.270. The first-order valence-electron chi connectivity index (χ1n) is 11.5. The van der Waals surface area contributed by atoms with E-state index in [2.05, 4.69) is 25.6 Å². The van der Waals surface area contributed by atoms with Crippen LogP contribution in [0.2, 0.25) is 0 Å². The van der Waals surface area contributed by atoms with Crippen LogP contribution < -0.4 is 10.3 Å². The molecule has 0 saturated heterocycles. The van der Waals surface area contributed by atoms with Gasteiger partial charge in [-0.05, 0) is 76.8 Å². The maximum atomic E-state index is 12.8. The Morgan fingerprint density at radius 2 is 1.71 bits per heavy atom. The first kappa shape index (κ1) is 26.9. The summed E-state index contributed by atoms with van der Waals surface area (Å²) < 4.78 is 29.9. The van der Waals surface area contributed by atoms with Crippen molar-refractivity contribution in [3.8, 4) is 11.9 Å². The van der Waals surface area contributed by atoms with E-state index in [0.717, 1.165) is 5.56 Å². The standard InChI is InChI=1S/C28H23BrN4O4S/c1-19-23(17-30)27(34)33(16-15-20-7-3-2-4-8-20)28(35)24(19)18-31-21-11-13-22(14-12-21)38(36,37)32-26-10-6-5-9-25(26)29/h2-14,18,32,35H,15-16H2,1H3. The van der Waals surface area contributed by atoms with E-state index in [1.165, 1.54) is 35.0 Å². The number of pyridine rings is 1. The predicted octanol–water partition coefficient (Wildman–Crippen LogP) is 5.29. The lowest BCUT2D eigenvalue weighted by Gasteiger charge is -2.14. The number of nitriles is 1. The van der Waals surface area contributed by atoms with E-state index in [4.69, 9.17) is 0 Å². The van der Waals surface area contributed by atoms with Crippen molar-refractivity contribution in [2.24, 2.45) is 4.99 Å². The number of aryl methyl sites for hydroxylation is 1. The topological polar surface area (TPSA) is 125 Å². The number of sulfonamides is 1. The molecule has 3 aromatic carbocycles. The normalized spacial score (nSPS) is 11.4. The lowest BCUT2D eigenvalue weighted by atomic mass is 10.1. The zero-order valence-electron chi connectivity index (χ0n) is 20.3. The van der Waals surface area contributed by atoms with Crippen LogP contribution in [0.4, 0.5) is 11.4 Å². The molecule has 0 aliphatic carbocycles. The number of nitrogens with one attached hydrogen (secondary N) is 1. The molecular formula is C28H23BrN4O4S. The van der Waals surface area contributed by atoms with E-state index in [-0.39, 0.29) is 28.4 Å². The lowest BCUT2D eigenvalue weighted by molar-refractivity contribution is 0.404. The van der Waals surface area contributed by atoms with Crippen molar-refractivity contribution in [3.05, 3.63) is 116 Å². The van der Waals surface area contributed by atoms with E-state index < -0.39 is 15.6 Å². The SMILES string of the molecule is Cc1c(C=Nc2ccc(S(=O)(=O)Nc3ccccc3Br)cc2)c(O)n(CCc2ccccc2)c(=O)c1C#N. The maximum Gasteiger partial charge on any atom is 0.271 e. The second-order valence-corrected chi connectivity index (χ2v) is 10.9. The number of benzene rings is 3. The molecule has 38 heavy (non-hydrogen) atoms. The van der Waals surface area contributed by atoms with Crippen molar-refractivity contribution in [1.29, 1.82) is 5.26 Å². The average molecular weight is 591 g/mol. The molecule has 0 atom stereocenters. The Hall–Kier alpha value is -4.20. The zero-order chi connectivity index (χ0) is 27.3. The lowest BCUT2D eigenvalue weighted by Crippen LogP contribution is -2.26. The summed E-state index contributed by atoms with van der Waals surface area (Å²) in [6, 6.07) is 24.2. The van der Waals surface area contributed by atoms with Gasteiger partial charge in [0.25, 0.3) is 15.6 Å². The van der Waals surface area contributed by atoms with Gasteiger partial charge >= 0.3 is 0 Å². The van der Waals surface area contributed by atoms with Gasteiger partial charge in [0.1, 0.15) is 11.6 Å². The number of anilines is 1. The van der Waals surface area contributed by atoms with Crippen LogP contribution in [-0.4, -0.2) is 24.3 Å². The van der Waals surface area contributed by atoms with Crippen LogP contribution in [0.1, 0.15) is 22.3 Å². The summed E-state index contributed by atoms with van der Waals surface area (Å²) in [4.78, 5) is 17.2. The number of nitrogens with zero attached hydrogens (tertiary/aromatic N) is 3. The fraction of sp³-hybridized carbons (Fsp3) is 0.107. The summed E-state index contributed by atoms with van der Waals surface area (Å²) in [5, 5.41) is 20.5. The van der Waals surface area contributed by atoms with Gasteiger partial charge in [-0.3, -0.25) is 19.1 Å². The molecule has 0 unspecified atom stereocenters. The van der Waals surface area contributed by atoms with Crippen LogP contribution >= 0.6 is 15.9 Å². The van der Waals surface area contributed by atoms with Crippen LogP contribution in [0, 0.1) is 18.3 Å². The number of hydrogen-bond acceptors (Lipinski definition) is 6. The van der Waals surface area contributed by atoms with Crippen LogP contribution in [0.5, 0.6) is 5.88 Å². The maximum absolute atomic E-state index is 12.8. The summed E-state index contributed by atoms with van der Waals surface area (Å²) in [5.74, 6) is -0.289. The van der Waals surface area contributed by atoms with Crippen molar-refractivity contribution in [2.45, 2.75) is 24.8 Å². The first-order chi connectivity index (χ1) is 18.2. The van der Waals surface area contributed by atoms with Gasteiger partial charge in [0.15, 0.2) is 0 Å². The van der Waals surface area contributed by atoms with Crippen LogP contribution in [0.25, 0.3) is 0 Å². The molecule has 10 heteroatoms. The molecule has 0 amide bonds. The van der Waals surface area contributed by atoms with Crippen molar-refractivity contribution < 1.29 is 13.5 Å². The highest BCUT2D eigenvalue weighted by Crippen LogP contribution is 2.26. The Morgan fingerprint density at radius 1 is 1.05 bits per heavy atom. The highest BCUT2D eigenvalue weighted by molar-refractivity contribution is 9.10. The molecule has 0 spiro atoms. The third-order valence-corrected chi connectivity index (χ3v) is 7.99. The highest BCUT2D eigenvalue weighted by atomic mass is 79.9. The minimum Gasteiger partial charge on any atom is -0.494 e. The van der Waals surface area contributed by atoms with E-state index in [9.17, 15) is 23.6 Å². The minimum absolute atomic E-state index is 0.0486. The molecular weight excluding hydrogens is 568 g/mol. The molecule has 2 N–H and O–H groups in total. The summed E-state index contributed by atoms with van der Waals surface area (Å²) in [5.41, 5.74) is 1.73. The molecule has 0 aliphatic heterocycles. The van der Waals surface area contributed by atoms with Crippen molar-refractivity contribution in [1.82, 2.24) is 4.57 Å². The molecule has 0 radical (unpaired) electrons. The smallest absolute Gasteiger partial charge is 0.271 e. The number of halogens is 1. The van der Waals surface area contributed by atoms with E-state index >= 15 is 0 Å². The van der Waals surface area contributed by atoms with Gasteiger partial charge in [-0.15, -0.1) is 0 Å². The Labute approximate surface area is 228 Å². The van der Waals surface area contributed by atoms with Crippen molar-refractivity contribution in [3.63, 3.8) is 0 Å². The number of aromatic nitrogens is 1. The highest BCUT2D eigenvalue weighted by Gasteiger charge is 2.18. The number of aromatic hydroxyl groups is 1. The van der Waals surface area contributed by atoms with Crippen LogP contribution in [0.15, 0.2) is 98.0 Å². The van der Waals surface area contributed by atoms with E-state index in [1.807, 2.05) is 36.4 Å². The van der Waals surface area contributed by atoms with Gasteiger partial charge in [-0.2, -0.15) is 5.26 Å². The molecule has 0 bridgehead atoms. The number of aliphatic imine (C=N–C) groups is 1. The summed E-state index contributed by atoms with van der Waals surface area (Å²) in [6.45, 7) is 1.76. The zero-order valence-corrected chi connectivity index (χ0v) is 22.7. The van der Waals surface area contributed by atoms with Crippen LogP contribution in [-0.2, 0) is 23.0 Å². The average Bonchev–Trinajstić information content (AvgIpc) is 2.91. The Balaban J connectivity index is 1.60. The summed E-state index contributed by atoms with van der Waals surface area (Å²) in [7, 11) is -3.83. The summed E-state index contributed by atoms with van der Waals surface area (Å²) >= 11 is 3.32. The van der Waals surface area contributed by atoms with Crippen molar-refractivity contribution >= 4 is 43.5 Å². The Morgan fingerprint density at radius 3 is 2.37 bits per heavy atom. The minimum atomic E-state index is -3.83. The molecule has 0 fully saturated rings. The van der Waals surface area contributed by atoms with E-state index in [1.54, 1.807) is 31.2 Å². The van der Waals surface area contributed by atoms with Gasteiger partial charge in [-0.1, -0.05) is 42.5 Å². The number of hydrogen-bond donors (Lipinski definition) is 2. The molecule has 4 rings (SSSR count). The summed E-state index contributed by atoms with van der Waals surface area (Å²) in [6.07, 6.45) is 1.86. The van der Waals surface area contributed by atoms with Gasteiger partial charge in [0, 0.05) is 17.2 Å². The number of para-hydroxylation sites is 1. The molecule has 1 aromatic heterocycles. The third kappa shape index (κ3) is 5.85. The largest absolute Gasteiger partial charge is 0.494 e. The van der Waals surface area contributed by atoms with Crippen molar-refractivity contribution in [2.75, 3.05) is 4.72 Å². The van der Waals surface area contributed by atoms with Gasteiger partial charge in [0.2, 0.25) is 5.88 Å². The molecule has 8 nitrogen and oxygen atoms in total. The molecule has 0 saturated carbocycles. The Bertz CT molecular complexity index is 1710. The second-order valence-electron chi connectivity index (χ2n) is 8.38. The van der Waals surface area contributed by atoms with Gasteiger partial charge < -0.3 is 5.11 Å². The van der Waals surface area contributed by atoms with Gasteiger partial charge in [0.05, 0.1) is 21.8 Å². The second kappa shape index (κ2) is 11.5. The molecule has 1 heterocycles. The van der Waals surface area contributed by atoms with Crippen LogP contribution in [0.3, 0.4) is 0 Å². The van der Waals surface area contributed by atoms with E-state index in [0.29, 0.717) is 27.8 Å². The fourth-order valence-corrected chi connectivity index (χ4v) is 5.41. The Kier molecular flexibility index (Phi) is 8.10.